The minimum Gasteiger partial charge on any atom is -0.352 e. The highest BCUT2D eigenvalue weighted by molar-refractivity contribution is 7.89. The summed E-state index contributed by atoms with van der Waals surface area (Å²) in [4.78, 5) is 36.2. The van der Waals surface area contributed by atoms with Gasteiger partial charge < -0.3 is 11.1 Å². The predicted octanol–water partition coefficient (Wildman–Crippen LogP) is 1.93. The average molecular weight is 496 g/mol. The number of hydrogen-bond acceptors (Lipinski definition) is 5. The Bertz CT molecular complexity index is 1120. The van der Waals surface area contributed by atoms with Crippen molar-refractivity contribution in [3.8, 4) is 0 Å². The molecule has 1 atom stereocenters. The highest BCUT2D eigenvalue weighted by atomic mass is 35.5. The molecule has 2 aromatic rings. The maximum atomic E-state index is 12.7. The summed E-state index contributed by atoms with van der Waals surface area (Å²) in [6, 6.07) is 10.4. The van der Waals surface area contributed by atoms with Crippen molar-refractivity contribution in [2.75, 3.05) is 13.1 Å². The third kappa shape index (κ3) is 6.91. The highest BCUT2D eigenvalue weighted by Gasteiger charge is 2.23. The molecule has 10 nitrogen and oxygen atoms in total. The Kier molecular flexibility index (Phi) is 9.21. The van der Waals surface area contributed by atoms with Gasteiger partial charge in [0.25, 0.3) is 5.91 Å². The van der Waals surface area contributed by atoms with E-state index in [0.717, 1.165) is 0 Å². The molecule has 0 aliphatic rings. The standard InChI is InChI=1S/C21H26ClN5O5S/c1-3-27(4-2)33(31,32)15-9-7-8-14(12-15)20(29)26-25-19(28)13-18(24-21(23)30)16-10-5-6-11-17(16)22/h5-12,18H,3-4,13H2,1-2H3,(H,25,28)(H,26,29)(H3,23,24,30)/t18-/m0/s1. The lowest BCUT2D eigenvalue weighted by Gasteiger charge is -2.19. The van der Waals surface area contributed by atoms with Crippen molar-refractivity contribution in [1.29, 1.82) is 0 Å². The fourth-order valence-electron chi connectivity index (χ4n) is 3.11. The molecule has 0 aliphatic heterocycles. The zero-order chi connectivity index (χ0) is 24.6. The zero-order valence-corrected chi connectivity index (χ0v) is 19.7. The summed E-state index contributed by atoms with van der Waals surface area (Å²) >= 11 is 6.14. The van der Waals surface area contributed by atoms with Gasteiger partial charge in [0.05, 0.1) is 17.4 Å². The van der Waals surface area contributed by atoms with E-state index in [-0.39, 0.29) is 30.0 Å². The van der Waals surface area contributed by atoms with Crippen LogP contribution in [-0.2, 0) is 14.8 Å². The number of nitrogens with zero attached hydrogens (tertiary/aromatic N) is 1. The van der Waals surface area contributed by atoms with Crippen LogP contribution in [0.5, 0.6) is 0 Å². The summed E-state index contributed by atoms with van der Waals surface area (Å²) in [6.45, 7) is 4.01. The molecule has 0 heterocycles. The summed E-state index contributed by atoms with van der Waals surface area (Å²) in [7, 11) is -3.75. The molecule has 33 heavy (non-hydrogen) atoms. The van der Waals surface area contributed by atoms with Crippen LogP contribution in [0.1, 0.15) is 42.2 Å². The van der Waals surface area contributed by atoms with Gasteiger partial charge in [-0.15, -0.1) is 0 Å². The molecule has 178 valence electrons. The number of carbonyl (C=O) groups is 3. The second kappa shape index (κ2) is 11.6. The molecule has 5 N–H and O–H groups in total. The second-order valence-corrected chi connectivity index (χ2v) is 9.25. The van der Waals surface area contributed by atoms with Gasteiger partial charge in [-0.05, 0) is 29.8 Å². The van der Waals surface area contributed by atoms with E-state index < -0.39 is 33.9 Å². The molecule has 0 saturated carbocycles. The fourth-order valence-corrected chi connectivity index (χ4v) is 4.89. The van der Waals surface area contributed by atoms with E-state index in [1.165, 1.54) is 28.6 Å². The van der Waals surface area contributed by atoms with Crippen LogP contribution >= 0.6 is 11.6 Å². The summed E-state index contributed by atoms with van der Waals surface area (Å²) in [5.74, 6) is -1.34. The van der Waals surface area contributed by atoms with E-state index >= 15 is 0 Å². The maximum Gasteiger partial charge on any atom is 0.312 e. The van der Waals surface area contributed by atoms with Crippen molar-refractivity contribution in [1.82, 2.24) is 20.5 Å². The predicted molar refractivity (Wildman–Crippen MR) is 124 cm³/mol. The first-order chi connectivity index (χ1) is 15.6. The molecule has 2 rings (SSSR count). The van der Waals surface area contributed by atoms with Crippen LogP contribution in [0.3, 0.4) is 0 Å². The van der Waals surface area contributed by atoms with Gasteiger partial charge in [0.15, 0.2) is 0 Å². The second-order valence-electron chi connectivity index (χ2n) is 6.91. The Hall–Kier alpha value is -3.15. The highest BCUT2D eigenvalue weighted by Crippen LogP contribution is 2.25. The lowest BCUT2D eigenvalue weighted by Crippen LogP contribution is -2.44. The quantitative estimate of drug-likeness (QED) is 0.392. The molecule has 2 aromatic carbocycles. The number of benzene rings is 2. The van der Waals surface area contributed by atoms with Crippen molar-refractivity contribution in [3.05, 3.63) is 64.7 Å². The van der Waals surface area contributed by atoms with Gasteiger partial charge in [-0.1, -0.05) is 49.7 Å². The number of amides is 4. The molecule has 4 amide bonds. The van der Waals surface area contributed by atoms with Crippen LogP contribution < -0.4 is 21.9 Å². The largest absolute Gasteiger partial charge is 0.352 e. The first kappa shape index (κ1) is 26.1. The molecular weight excluding hydrogens is 470 g/mol. The normalized spacial score (nSPS) is 12.1. The first-order valence-corrected chi connectivity index (χ1v) is 11.9. The minimum absolute atomic E-state index is 0.0328. The number of sulfonamides is 1. The topological polar surface area (TPSA) is 151 Å². The van der Waals surface area contributed by atoms with Crippen molar-refractivity contribution < 1.29 is 22.8 Å². The fraction of sp³-hybridized carbons (Fsp3) is 0.286. The lowest BCUT2D eigenvalue weighted by atomic mass is 10.0. The van der Waals surface area contributed by atoms with Gasteiger partial charge in [0.1, 0.15) is 0 Å². The van der Waals surface area contributed by atoms with Crippen molar-refractivity contribution in [2.45, 2.75) is 31.2 Å². The number of hydrogen-bond donors (Lipinski definition) is 4. The van der Waals surface area contributed by atoms with E-state index in [2.05, 4.69) is 16.2 Å². The van der Waals surface area contributed by atoms with E-state index in [4.69, 9.17) is 17.3 Å². The van der Waals surface area contributed by atoms with E-state index in [0.29, 0.717) is 10.6 Å². The molecule has 0 spiro atoms. The first-order valence-electron chi connectivity index (χ1n) is 10.1. The van der Waals surface area contributed by atoms with Crippen molar-refractivity contribution >= 4 is 39.5 Å². The summed E-state index contributed by atoms with van der Waals surface area (Å²) in [5, 5.41) is 2.78. The molecule has 0 fully saturated rings. The Morgan fingerprint density at radius 1 is 1.03 bits per heavy atom. The van der Waals surface area contributed by atoms with Gasteiger partial charge in [0, 0.05) is 23.7 Å². The Morgan fingerprint density at radius 2 is 1.70 bits per heavy atom. The van der Waals surface area contributed by atoms with Gasteiger partial charge in [-0.25, -0.2) is 13.2 Å². The molecule has 0 saturated heterocycles. The van der Waals surface area contributed by atoms with Gasteiger partial charge in [-0.2, -0.15) is 4.31 Å². The molecule has 0 aromatic heterocycles. The molecule has 0 unspecified atom stereocenters. The minimum atomic E-state index is -3.75. The number of nitrogens with two attached hydrogens (primary N) is 1. The number of halogens is 1. The number of carbonyl (C=O) groups excluding carboxylic acids is 3. The molecule has 0 bridgehead atoms. The summed E-state index contributed by atoms with van der Waals surface area (Å²) in [5.41, 5.74) is 10.2. The third-order valence-electron chi connectivity index (χ3n) is 4.74. The van der Waals surface area contributed by atoms with E-state index in [1.807, 2.05) is 0 Å². The lowest BCUT2D eigenvalue weighted by molar-refractivity contribution is -0.122. The van der Waals surface area contributed by atoms with Gasteiger partial charge >= 0.3 is 6.03 Å². The van der Waals surface area contributed by atoms with Crippen LogP contribution in [0.4, 0.5) is 4.79 Å². The van der Waals surface area contributed by atoms with Crippen LogP contribution in [0, 0.1) is 0 Å². The number of nitrogens with one attached hydrogen (secondary N) is 3. The van der Waals surface area contributed by atoms with Gasteiger partial charge in [0.2, 0.25) is 15.9 Å². The summed E-state index contributed by atoms with van der Waals surface area (Å²) < 4.78 is 26.6. The van der Waals surface area contributed by atoms with Crippen molar-refractivity contribution in [3.63, 3.8) is 0 Å². The number of urea groups is 1. The number of primary amides is 1. The molecular formula is C21H26ClN5O5S. The molecule has 0 radical (unpaired) electrons. The number of rotatable bonds is 9. The Balaban J connectivity index is 2.09. The van der Waals surface area contributed by atoms with Crippen LogP contribution in [-0.4, -0.2) is 43.7 Å². The molecule has 12 heteroatoms. The molecule has 0 aliphatic carbocycles. The van der Waals surface area contributed by atoms with Crippen LogP contribution in [0.15, 0.2) is 53.4 Å². The van der Waals surface area contributed by atoms with Crippen LogP contribution in [0.2, 0.25) is 5.02 Å². The SMILES string of the molecule is CCN(CC)S(=O)(=O)c1cccc(C(=O)NNC(=O)C[C@H](NC(N)=O)c2ccccc2Cl)c1. The van der Waals surface area contributed by atoms with E-state index in [1.54, 1.807) is 38.1 Å². The Morgan fingerprint density at radius 3 is 2.30 bits per heavy atom. The zero-order valence-electron chi connectivity index (χ0n) is 18.2. The third-order valence-corrected chi connectivity index (χ3v) is 7.13. The smallest absolute Gasteiger partial charge is 0.312 e. The maximum absolute atomic E-state index is 12.7. The van der Waals surface area contributed by atoms with Crippen molar-refractivity contribution in [2.24, 2.45) is 5.73 Å². The van der Waals surface area contributed by atoms with Gasteiger partial charge in [-0.3, -0.25) is 20.4 Å². The Labute approximate surface area is 197 Å². The van der Waals surface area contributed by atoms with E-state index in [9.17, 15) is 22.8 Å². The average Bonchev–Trinajstić information content (AvgIpc) is 2.77. The number of hydrazine groups is 1. The monoisotopic (exact) mass is 495 g/mol. The van der Waals surface area contributed by atoms with Crippen LogP contribution in [0.25, 0.3) is 0 Å². The summed E-state index contributed by atoms with van der Waals surface area (Å²) in [6.07, 6.45) is -0.261.